The number of primary sulfonamides is 1. The highest BCUT2D eigenvalue weighted by Crippen LogP contribution is 2.52. The Balaban J connectivity index is 0.00000234. The zero-order chi connectivity index (χ0) is 60.7. The highest BCUT2D eigenvalue weighted by molar-refractivity contribution is 7.89. The third kappa shape index (κ3) is 13.8. The van der Waals surface area contributed by atoms with E-state index in [0.29, 0.717) is 46.1 Å². The number of unbranched alkanes of at least 4 members (excludes halogenated alkanes) is 1. The van der Waals surface area contributed by atoms with Gasteiger partial charge in [-0.15, -0.1) is 12.6 Å². The molecule has 0 unspecified atom stereocenters. The summed E-state index contributed by atoms with van der Waals surface area (Å²) in [5, 5.41) is 9.37. The second-order valence-electron chi connectivity index (χ2n) is 20.2. The number of benzene rings is 5. The van der Waals surface area contributed by atoms with Gasteiger partial charge in [0.2, 0.25) is 15.7 Å². The number of nitrogens with zero attached hydrogens (tertiary/aromatic N) is 3. The second-order valence-corrected chi connectivity index (χ2v) is 28.0. The van der Waals surface area contributed by atoms with E-state index in [9.17, 15) is 65.1 Å². The van der Waals surface area contributed by atoms with Crippen molar-refractivity contribution >= 4 is 111 Å². The Hall–Kier alpha value is -6.90. The quantitative estimate of drug-likeness (QED) is 0.0305. The van der Waals surface area contributed by atoms with Crippen LogP contribution in [0.15, 0.2) is 147 Å². The standard InChI is InChI=1S/C53H55N5O15S5.O3S/c1-6-7-25-57-44-19-12-34-11-17-38(76(65,66)67)29-41(34)49(44)52(2,3)47(57)21-13-35(43-28-36(23-24-55-43)51(59)56-32-33-9-15-37(16-10-33)75(54,63)64)14-22-48-53(4,5)50-42-30-39(77(68,69)70)31-46(78(71,72)73)40(42)18-20-45(50)58(48)26-8-27-74(60,61)62;1-4(2)3/h9-24,28-31H,6-8,25-27,32H2,1-5H3,(H6-,54,56,59,60,61,62,63,64,65,66,67,68,69,70,71,72,73);/p+1. The summed E-state index contributed by atoms with van der Waals surface area (Å²) >= 11 is 0. The lowest BCUT2D eigenvalue weighted by molar-refractivity contribution is -0.438. The van der Waals surface area contributed by atoms with Gasteiger partial charge in [-0.05, 0) is 120 Å². The van der Waals surface area contributed by atoms with Crippen molar-refractivity contribution in [2.24, 2.45) is 5.14 Å². The van der Waals surface area contributed by atoms with Crippen molar-refractivity contribution in [2.75, 3.05) is 23.7 Å². The molecule has 29 heteroatoms. The van der Waals surface area contributed by atoms with E-state index >= 15 is 0 Å². The maximum absolute atomic E-state index is 13.9. The number of rotatable bonds is 18. The Morgan fingerprint density at radius 3 is 1.94 bits per heavy atom. The van der Waals surface area contributed by atoms with Crippen LogP contribution in [-0.2, 0) is 78.5 Å². The lowest BCUT2D eigenvalue weighted by Gasteiger charge is -2.27. The molecular weight excluding hydrogens is 1190 g/mol. The number of hydrogen-bond donors (Lipinski definition) is 6. The Bertz CT molecular complexity index is 4460. The van der Waals surface area contributed by atoms with E-state index in [2.05, 4.69) is 14.9 Å². The Kier molecular flexibility index (Phi) is 17.9. The van der Waals surface area contributed by atoms with Crippen LogP contribution in [0, 0.1) is 0 Å². The van der Waals surface area contributed by atoms with Gasteiger partial charge in [0.15, 0.2) is 5.71 Å². The molecule has 0 spiro atoms. The molecule has 0 atom stereocenters. The molecule has 0 fully saturated rings. The van der Waals surface area contributed by atoms with E-state index in [1.165, 1.54) is 60.8 Å². The summed E-state index contributed by atoms with van der Waals surface area (Å²) in [5.74, 6) is -1.17. The maximum atomic E-state index is 13.9. The molecule has 0 saturated carbocycles. The number of carbonyl (C=O) groups excluding carboxylic acids is 1. The number of amides is 1. The molecule has 2 aliphatic heterocycles. The topological polar surface area (TPSA) is 377 Å². The van der Waals surface area contributed by atoms with Crippen LogP contribution in [0.3, 0.4) is 0 Å². The number of hydrogen-bond acceptors (Lipinski definition) is 16. The minimum Gasteiger partial charge on any atom is -0.348 e. The molecule has 5 aromatic carbocycles. The minimum absolute atomic E-state index is 0.00719. The van der Waals surface area contributed by atoms with Gasteiger partial charge in [-0.2, -0.15) is 38.2 Å². The minimum atomic E-state index is -5.09. The van der Waals surface area contributed by atoms with E-state index in [1.807, 2.05) is 39.0 Å². The molecule has 6 aromatic rings. The summed E-state index contributed by atoms with van der Waals surface area (Å²) in [5.41, 5.74) is 2.97. The van der Waals surface area contributed by atoms with Gasteiger partial charge in [-0.25, -0.2) is 13.6 Å². The number of allylic oxidation sites excluding steroid dienone is 6. The molecule has 8 rings (SSSR count). The van der Waals surface area contributed by atoms with Crippen LogP contribution >= 0.6 is 0 Å². The van der Waals surface area contributed by atoms with Crippen molar-refractivity contribution in [3.05, 3.63) is 155 Å². The highest BCUT2D eigenvalue weighted by Gasteiger charge is 2.46. The lowest BCUT2D eigenvalue weighted by atomic mass is 9.79. The monoisotopic (exact) mass is 1240 g/mol. The average molecular weight is 1240 g/mol. The van der Waals surface area contributed by atoms with Crippen LogP contribution in [0.5, 0.6) is 0 Å². The summed E-state index contributed by atoms with van der Waals surface area (Å²) in [4.78, 5) is 18.3. The first kappa shape index (κ1) is 62.7. The maximum Gasteiger partial charge on any atom is 0.425 e. The first-order chi connectivity index (χ1) is 37.9. The van der Waals surface area contributed by atoms with Crippen LogP contribution in [0.1, 0.15) is 86.6 Å². The smallest absolute Gasteiger partial charge is 0.348 e. The molecule has 23 nitrogen and oxygen atoms in total. The van der Waals surface area contributed by atoms with E-state index < -0.39 is 93.4 Å². The molecule has 1 amide bonds. The van der Waals surface area contributed by atoms with Gasteiger partial charge in [-0.3, -0.25) is 28.0 Å². The normalized spacial score (nSPS) is 15.9. The van der Waals surface area contributed by atoms with Crippen LogP contribution in [-0.4, -0.2) is 113 Å². The van der Waals surface area contributed by atoms with Crippen molar-refractivity contribution in [2.45, 2.75) is 90.8 Å². The number of aromatic nitrogens is 1. The Morgan fingerprint density at radius 2 is 1.34 bits per heavy atom. The van der Waals surface area contributed by atoms with Crippen molar-refractivity contribution in [3.63, 3.8) is 0 Å². The summed E-state index contributed by atoms with van der Waals surface area (Å²) in [7, 11) is -26.3. The molecule has 82 heavy (non-hydrogen) atoms. The third-order valence-corrected chi connectivity index (χ3v) is 18.3. The number of sulfonamides is 1. The third-order valence-electron chi connectivity index (χ3n) is 14.0. The Morgan fingerprint density at radius 1 is 0.720 bits per heavy atom. The number of pyridine rings is 1. The van der Waals surface area contributed by atoms with Crippen LogP contribution < -0.4 is 15.4 Å². The Labute approximate surface area is 475 Å². The first-order valence-corrected chi connectivity index (χ1v) is 33.1. The predicted molar refractivity (Wildman–Crippen MR) is 305 cm³/mol. The van der Waals surface area contributed by atoms with E-state index in [-0.39, 0.29) is 51.3 Å². The van der Waals surface area contributed by atoms with Crippen LogP contribution in [0.2, 0.25) is 0 Å². The van der Waals surface area contributed by atoms with Crippen molar-refractivity contribution in [1.82, 2.24) is 10.3 Å². The van der Waals surface area contributed by atoms with Gasteiger partial charge in [0.05, 0.1) is 31.5 Å². The predicted octanol–water partition coefficient (Wildman–Crippen LogP) is 6.48. The zero-order valence-corrected chi connectivity index (χ0v) is 49.3. The van der Waals surface area contributed by atoms with Crippen molar-refractivity contribution in [3.8, 4) is 0 Å². The second kappa shape index (κ2) is 23.4. The number of carbonyl (C=O) groups is 1. The summed E-state index contributed by atoms with van der Waals surface area (Å²) in [6.45, 7) is 10.0. The van der Waals surface area contributed by atoms with Gasteiger partial charge in [0, 0.05) is 76.7 Å². The van der Waals surface area contributed by atoms with Gasteiger partial charge < -0.3 is 10.2 Å². The molecule has 3 heterocycles. The summed E-state index contributed by atoms with van der Waals surface area (Å²) in [6.07, 6.45) is 9.95. The lowest BCUT2D eigenvalue weighted by Crippen LogP contribution is -2.28. The van der Waals surface area contributed by atoms with Gasteiger partial charge in [-0.1, -0.05) is 57.5 Å². The van der Waals surface area contributed by atoms with E-state index in [1.54, 1.807) is 49.1 Å². The van der Waals surface area contributed by atoms with Gasteiger partial charge in [0.1, 0.15) is 11.4 Å². The molecule has 0 saturated heterocycles. The number of nitrogens with one attached hydrogen (secondary N) is 1. The van der Waals surface area contributed by atoms with E-state index in [0.717, 1.165) is 41.3 Å². The largest absolute Gasteiger partial charge is 0.425 e. The SMILES string of the molecule is CCCC[N+]1=C(/C=C/C(=C/C=C2/N(CCCS(=O)(=O)O)c3ccc4c(S(=O)(=O)O)cc(S(=O)(=O)O)cc4c3C2(C)C)c2cc(C(=O)NCc3ccc(S(N)(=O)=O)cc3)ccn2)C(C)(C)c2c1ccc1ccc(S(=O)(=O)O)cc21.O=S(=O)=O. The van der Waals surface area contributed by atoms with Crippen molar-refractivity contribution < 1.29 is 82.3 Å². The first-order valence-electron chi connectivity index (χ1n) is 24.7. The highest BCUT2D eigenvalue weighted by atomic mass is 32.2. The number of fused-ring (bicyclic) bond motifs is 6. The summed E-state index contributed by atoms with van der Waals surface area (Å²) in [6, 6.07) is 21.6. The fourth-order valence-electron chi connectivity index (χ4n) is 10.3. The number of nitrogens with two attached hydrogens (primary N) is 1. The number of anilines is 1. The molecule has 0 aliphatic carbocycles. The molecular formula is C53H56N5O18S6+. The fourth-order valence-corrected chi connectivity index (χ4v) is 13.2. The molecule has 0 radical (unpaired) electrons. The van der Waals surface area contributed by atoms with Gasteiger partial charge >= 0.3 is 10.6 Å². The zero-order valence-electron chi connectivity index (χ0n) is 44.4. The molecule has 2 aliphatic rings. The van der Waals surface area contributed by atoms with Crippen molar-refractivity contribution in [1.29, 1.82) is 0 Å². The fraction of sp³-hybridized carbons (Fsp3) is 0.264. The van der Waals surface area contributed by atoms with Gasteiger partial charge in [0.25, 0.3) is 46.4 Å². The van der Waals surface area contributed by atoms with Crippen LogP contribution in [0.25, 0.3) is 27.1 Å². The molecule has 0 bridgehead atoms. The molecule has 7 N–H and O–H groups in total. The average Bonchev–Trinajstić information content (AvgIpc) is 2.55. The molecule has 436 valence electrons. The van der Waals surface area contributed by atoms with E-state index in [4.69, 9.17) is 17.8 Å². The van der Waals surface area contributed by atoms with Crippen LogP contribution in [0.4, 0.5) is 11.4 Å². The summed E-state index contributed by atoms with van der Waals surface area (Å²) < 4.78 is 191. The molecule has 1 aromatic heterocycles.